The summed E-state index contributed by atoms with van der Waals surface area (Å²) in [7, 11) is 0. The average Bonchev–Trinajstić information content (AvgIpc) is 2.80. The Morgan fingerprint density at radius 1 is 0.931 bits per heavy atom. The zero-order valence-electron chi connectivity index (χ0n) is 16.7. The van der Waals surface area contributed by atoms with E-state index >= 15 is 0 Å². The molecule has 0 bridgehead atoms. The van der Waals surface area contributed by atoms with Gasteiger partial charge in [-0.1, -0.05) is 18.2 Å². The molecule has 1 unspecified atom stereocenters. The zero-order valence-corrected chi connectivity index (χ0v) is 16.7. The van der Waals surface area contributed by atoms with Crippen molar-refractivity contribution in [2.24, 2.45) is 5.92 Å². The third-order valence-electron chi connectivity index (χ3n) is 5.80. The van der Waals surface area contributed by atoms with Crippen LogP contribution in [0.3, 0.4) is 0 Å². The van der Waals surface area contributed by atoms with E-state index in [1.54, 1.807) is 11.1 Å². The lowest BCUT2D eigenvalue weighted by atomic mass is 9.96. The maximum Gasteiger partial charge on any atom is 0.253 e. The zero-order chi connectivity index (χ0) is 20.1. The number of benzene rings is 1. The Morgan fingerprint density at radius 3 is 2.45 bits per heavy atom. The van der Waals surface area contributed by atoms with E-state index in [9.17, 15) is 9.59 Å². The molecule has 0 aliphatic carbocycles. The van der Waals surface area contributed by atoms with E-state index in [0.29, 0.717) is 24.3 Å². The van der Waals surface area contributed by atoms with Gasteiger partial charge in [0.25, 0.3) is 5.91 Å². The van der Waals surface area contributed by atoms with Crippen molar-refractivity contribution in [1.29, 1.82) is 0 Å². The Kier molecular flexibility index (Phi) is 6.08. The van der Waals surface area contributed by atoms with Crippen LogP contribution in [0.2, 0.25) is 0 Å². The van der Waals surface area contributed by atoms with Crippen LogP contribution in [-0.4, -0.2) is 47.9 Å². The van der Waals surface area contributed by atoms with Gasteiger partial charge in [0, 0.05) is 31.7 Å². The van der Waals surface area contributed by atoms with Crippen LogP contribution in [0, 0.1) is 5.92 Å². The lowest BCUT2D eigenvalue weighted by molar-refractivity contribution is -0.121. The van der Waals surface area contributed by atoms with Crippen LogP contribution >= 0.6 is 0 Å². The van der Waals surface area contributed by atoms with Crippen molar-refractivity contribution < 1.29 is 9.59 Å². The van der Waals surface area contributed by atoms with Crippen molar-refractivity contribution in [3.05, 3.63) is 54.2 Å². The Balaban J connectivity index is 1.35. The molecular weight excluding hydrogens is 364 g/mol. The minimum Gasteiger partial charge on any atom is -0.357 e. The van der Waals surface area contributed by atoms with E-state index in [-0.39, 0.29) is 17.7 Å². The fourth-order valence-electron chi connectivity index (χ4n) is 4.15. The maximum atomic E-state index is 12.8. The molecular formula is C23H28N4O2. The first-order valence-corrected chi connectivity index (χ1v) is 10.6. The third-order valence-corrected chi connectivity index (χ3v) is 5.80. The van der Waals surface area contributed by atoms with Gasteiger partial charge in [0.2, 0.25) is 5.91 Å². The van der Waals surface area contributed by atoms with Gasteiger partial charge < -0.3 is 15.1 Å². The lowest BCUT2D eigenvalue weighted by Crippen LogP contribution is -2.43. The van der Waals surface area contributed by atoms with E-state index in [2.05, 4.69) is 15.2 Å². The normalized spacial score (nSPS) is 19.7. The summed E-state index contributed by atoms with van der Waals surface area (Å²) in [6, 6.07) is 13.2. The molecule has 1 atom stereocenters. The van der Waals surface area contributed by atoms with E-state index < -0.39 is 0 Å². The highest BCUT2D eigenvalue weighted by Crippen LogP contribution is 2.22. The number of hydrogen-bond acceptors (Lipinski definition) is 4. The smallest absolute Gasteiger partial charge is 0.253 e. The number of carbonyl (C=O) groups is 2. The number of likely N-dealkylation sites (tertiary alicyclic amines) is 1. The fourth-order valence-corrected chi connectivity index (χ4v) is 4.15. The van der Waals surface area contributed by atoms with Gasteiger partial charge in [-0.05, 0) is 56.4 Å². The molecule has 2 aliphatic heterocycles. The minimum absolute atomic E-state index is 0.00403. The number of piperidine rings is 2. The van der Waals surface area contributed by atoms with E-state index in [4.69, 9.17) is 0 Å². The molecule has 2 fully saturated rings. The summed E-state index contributed by atoms with van der Waals surface area (Å²) in [5.74, 6) is 0.733. The minimum atomic E-state index is -0.196. The molecule has 6 heteroatoms. The molecule has 2 aliphatic rings. The molecule has 2 saturated heterocycles. The highest BCUT2D eigenvalue weighted by Gasteiger charge is 2.29. The predicted molar refractivity (Wildman–Crippen MR) is 114 cm³/mol. The molecule has 2 amide bonds. The molecule has 0 radical (unpaired) electrons. The number of nitrogens with one attached hydrogen (secondary N) is 1. The summed E-state index contributed by atoms with van der Waals surface area (Å²) in [6.07, 6.45) is 7.07. The van der Waals surface area contributed by atoms with Crippen molar-refractivity contribution in [1.82, 2.24) is 9.88 Å². The van der Waals surface area contributed by atoms with Gasteiger partial charge in [0.15, 0.2) is 0 Å². The van der Waals surface area contributed by atoms with Crippen molar-refractivity contribution >= 4 is 23.3 Å². The monoisotopic (exact) mass is 392 g/mol. The SMILES string of the molecule is O=C(Nc1ccc(N2CCCCC2)nc1)C1CCCN(C(=O)c2ccccc2)C1. The predicted octanol–water partition coefficient (Wildman–Crippen LogP) is 3.56. The summed E-state index contributed by atoms with van der Waals surface area (Å²) < 4.78 is 0. The van der Waals surface area contributed by atoms with Crippen LogP contribution in [0.15, 0.2) is 48.7 Å². The van der Waals surface area contributed by atoms with E-state index in [0.717, 1.165) is 31.7 Å². The van der Waals surface area contributed by atoms with Gasteiger partial charge >= 0.3 is 0 Å². The average molecular weight is 393 g/mol. The van der Waals surface area contributed by atoms with Crippen LogP contribution in [-0.2, 0) is 4.79 Å². The van der Waals surface area contributed by atoms with Crippen molar-refractivity contribution in [2.45, 2.75) is 32.1 Å². The number of nitrogens with zero attached hydrogens (tertiary/aromatic N) is 3. The van der Waals surface area contributed by atoms with Crippen molar-refractivity contribution in [3.8, 4) is 0 Å². The van der Waals surface area contributed by atoms with Crippen LogP contribution in [0.5, 0.6) is 0 Å². The second kappa shape index (κ2) is 9.07. The molecule has 6 nitrogen and oxygen atoms in total. The Bertz CT molecular complexity index is 832. The van der Waals surface area contributed by atoms with Crippen molar-refractivity contribution in [3.63, 3.8) is 0 Å². The molecule has 0 saturated carbocycles. The summed E-state index contributed by atoms with van der Waals surface area (Å²) in [5.41, 5.74) is 1.38. The van der Waals surface area contributed by atoms with Gasteiger partial charge in [-0.3, -0.25) is 9.59 Å². The summed E-state index contributed by atoms with van der Waals surface area (Å²) >= 11 is 0. The molecule has 1 aromatic heterocycles. The highest BCUT2D eigenvalue weighted by molar-refractivity contribution is 5.96. The number of amides is 2. The number of aromatic nitrogens is 1. The Labute approximate surface area is 171 Å². The summed E-state index contributed by atoms with van der Waals surface area (Å²) in [4.78, 5) is 34.1. The number of anilines is 2. The molecule has 1 N–H and O–H groups in total. The first-order chi connectivity index (χ1) is 14.2. The van der Waals surface area contributed by atoms with Crippen molar-refractivity contribution in [2.75, 3.05) is 36.4 Å². The van der Waals surface area contributed by atoms with E-state index in [1.165, 1.54) is 19.3 Å². The first kappa shape index (κ1) is 19.4. The fraction of sp³-hybridized carbons (Fsp3) is 0.435. The van der Waals surface area contributed by atoms with Crippen LogP contribution in [0.25, 0.3) is 0 Å². The number of pyridine rings is 1. The van der Waals surface area contributed by atoms with Gasteiger partial charge in [0.1, 0.15) is 5.82 Å². The highest BCUT2D eigenvalue weighted by atomic mass is 16.2. The Hall–Kier alpha value is -2.89. The lowest BCUT2D eigenvalue weighted by Gasteiger charge is -2.32. The molecule has 152 valence electrons. The largest absolute Gasteiger partial charge is 0.357 e. The molecule has 1 aromatic carbocycles. The second-order valence-corrected chi connectivity index (χ2v) is 7.90. The molecule has 0 spiro atoms. The number of carbonyl (C=O) groups excluding carboxylic acids is 2. The second-order valence-electron chi connectivity index (χ2n) is 7.90. The van der Waals surface area contributed by atoms with Gasteiger partial charge in [-0.25, -0.2) is 4.98 Å². The van der Waals surface area contributed by atoms with Gasteiger partial charge in [-0.2, -0.15) is 0 Å². The van der Waals surface area contributed by atoms with Crippen LogP contribution in [0.4, 0.5) is 11.5 Å². The first-order valence-electron chi connectivity index (χ1n) is 10.6. The standard InChI is InChI=1S/C23H28N4O2/c28-22(25-20-11-12-21(24-16-20)26-13-5-2-6-14-26)19-10-7-15-27(17-19)23(29)18-8-3-1-4-9-18/h1,3-4,8-9,11-12,16,19H,2,5-7,10,13-15,17H2,(H,25,28). The van der Waals surface area contributed by atoms with Crippen LogP contribution < -0.4 is 10.2 Å². The Morgan fingerprint density at radius 2 is 1.72 bits per heavy atom. The topological polar surface area (TPSA) is 65.5 Å². The van der Waals surface area contributed by atoms with Gasteiger partial charge in [-0.15, -0.1) is 0 Å². The molecule has 2 aromatic rings. The quantitative estimate of drug-likeness (QED) is 0.864. The molecule has 29 heavy (non-hydrogen) atoms. The van der Waals surface area contributed by atoms with Gasteiger partial charge in [0.05, 0.1) is 17.8 Å². The summed E-state index contributed by atoms with van der Waals surface area (Å²) in [5, 5.41) is 2.98. The van der Waals surface area contributed by atoms with Crippen LogP contribution in [0.1, 0.15) is 42.5 Å². The molecule has 4 rings (SSSR count). The number of hydrogen-bond donors (Lipinski definition) is 1. The summed E-state index contributed by atoms with van der Waals surface area (Å²) in [6.45, 7) is 3.25. The maximum absolute atomic E-state index is 12.8. The molecule has 3 heterocycles. The number of rotatable bonds is 4. The van der Waals surface area contributed by atoms with E-state index in [1.807, 2.05) is 42.5 Å². The third kappa shape index (κ3) is 4.75.